The summed E-state index contributed by atoms with van der Waals surface area (Å²) in [6.07, 6.45) is 5.86. The topological polar surface area (TPSA) is 43.4 Å². The van der Waals surface area contributed by atoms with Crippen molar-refractivity contribution in [1.82, 2.24) is 0 Å². The summed E-state index contributed by atoms with van der Waals surface area (Å²) >= 11 is 0. The van der Waals surface area contributed by atoms with Crippen LogP contribution in [0.2, 0.25) is 0 Å². The van der Waals surface area contributed by atoms with Gasteiger partial charge in [0.05, 0.1) is 12.4 Å². The van der Waals surface area contributed by atoms with Gasteiger partial charge in [-0.1, -0.05) is 47.0 Å². The summed E-state index contributed by atoms with van der Waals surface area (Å²) in [6.45, 7) is 9.67. The van der Waals surface area contributed by atoms with Crippen LogP contribution in [0.25, 0.3) is 0 Å². The fraction of sp³-hybridized carbons (Fsp3) is 1.00. The fourth-order valence-corrected chi connectivity index (χ4v) is 4.73. The van der Waals surface area contributed by atoms with Crippen molar-refractivity contribution < 1.29 is 13.2 Å². The molecule has 0 amide bonds. The minimum Gasteiger partial charge on any atom is -0.381 e. The summed E-state index contributed by atoms with van der Waals surface area (Å²) in [6, 6.07) is 0. The smallest absolute Gasteiger partial charge is 0.233 e. The highest BCUT2D eigenvalue weighted by molar-refractivity contribution is 8.13. The van der Waals surface area contributed by atoms with Gasteiger partial charge in [0.1, 0.15) is 0 Å². The van der Waals surface area contributed by atoms with E-state index < -0.39 is 9.05 Å². The van der Waals surface area contributed by atoms with Crippen LogP contribution in [0.3, 0.4) is 0 Å². The normalized spacial score (nSPS) is 14.4. The van der Waals surface area contributed by atoms with Crippen LogP contribution in [-0.4, -0.2) is 27.4 Å². The fourth-order valence-electron chi connectivity index (χ4n) is 2.93. The molecule has 0 aromatic carbocycles. The van der Waals surface area contributed by atoms with Gasteiger partial charge in [-0.2, -0.15) is 0 Å². The lowest BCUT2D eigenvalue weighted by atomic mass is 9.82. The van der Waals surface area contributed by atoms with Gasteiger partial charge in [0.2, 0.25) is 9.05 Å². The lowest BCUT2D eigenvalue weighted by molar-refractivity contribution is 0.0265. The molecule has 0 aliphatic heterocycles. The number of hydrogen-bond donors (Lipinski definition) is 0. The Hall–Kier alpha value is 0.200. The van der Waals surface area contributed by atoms with Crippen molar-refractivity contribution in [3.63, 3.8) is 0 Å². The molecule has 0 aromatic rings. The second-order valence-electron chi connectivity index (χ2n) is 6.09. The molecule has 0 aliphatic rings. The van der Waals surface area contributed by atoms with Crippen molar-refractivity contribution in [1.29, 1.82) is 0 Å². The summed E-state index contributed by atoms with van der Waals surface area (Å²) in [4.78, 5) is 0. The zero-order valence-corrected chi connectivity index (χ0v) is 15.0. The van der Waals surface area contributed by atoms with Gasteiger partial charge in [0.25, 0.3) is 0 Å². The molecule has 3 nitrogen and oxygen atoms in total. The average molecular weight is 327 g/mol. The molecule has 0 saturated carbocycles. The van der Waals surface area contributed by atoms with Gasteiger partial charge in [-0.05, 0) is 25.2 Å². The Bertz CT molecular complexity index is 335. The predicted molar refractivity (Wildman–Crippen MR) is 86.8 cm³/mol. The van der Waals surface area contributed by atoms with E-state index in [1.54, 1.807) is 0 Å². The quantitative estimate of drug-likeness (QED) is 0.492. The molecule has 0 aliphatic carbocycles. The van der Waals surface area contributed by atoms with Crippen molar-refractivity contribution in [2.24, 2.45) is 11.3 Å². The third kappa shape index (κ3) is 9.19. The van der Waals surface area contributed by atoms with E-state index in [0.717, 1.165) is 38.5 Å². The Morgan fingerprint density at radius 2 is 1.65 bits per heavy atom. The molecule has 1 atom stereocenters. The van der Waals surface area contributed by atoms with E-state index in [9.17, 15) is 8.42 Å². The molecule has 20 heavy (non-hydrogen) atoms. The molecule has 1 unspecified atom stereocenters. The van der Waals surface area contributed by atoms with Gasteiger partial charge >= 0.3 is 0 Å². The highest BCUT2D eigenvalue weighted by Gasteiger charge is 2.33. The van der Waals surface area contributed by atoms with Gasteiger partial charge in [-0.15, -0.1) is 0 Å². The zero-order valence-electron chi connectivity index (χ0n) is 13.5. The molecule has 0 rings (SSSR count). The van der Waals surface area contributed by atoms with Crippen LogP contribution >= 0.6 is 10.7 Å². The standard InChI is InChI=1S/C15H31ClO3S/c1-5-8-14(4)11-19-12-15(9-6-2,10-7-3)13-20(16,17)18/h14H,5-13H2,1-4H3. The maximum absolute atomic E-state index is 11.5. The first-order chi connectivity index (χ1) is 9.28. The highest BCUT2D eigenvalue weighted by atomic mass is 35.7. The van der Waals surface area contributed by atoms with Crippen LogP contribution in [-0.2, 0) is 13.8 Å². The van der Waals surface area contributed by atoms with Crippen LogP contribution in [0.4, 0.5) is 0 Å². The van der Waals surface area contributed by atoms with E-state index in [2.05, 4.69) is 27.7 Å². The van der Waals surface area contributed by atoms with E-state index in [-0.39, 0.29) is 11.2 Å². The number of halogens is 1. The summed E-state index contributed by atoms with van der Waals surface area (Å²) in [7, 11) is 2.00. The summed E-state index contributed by atoms with van der Waals surface area (Å²) < 4.78 is 28.9. The Morgan fingerprint density at radius 1 is 1.10 bits per heavy atom. The largest absolute Gasteiger partial charge is 0.381 e. The highest BCUT2D eigenvalue weighted by Crippen LogP contribution is 2.33. The van der Waals surface area contributed by atoms with Crippen molar-refractivity contribution in [3.05, 3.63) is 0 Å². The molecular weight excluding hydrogens is 296 g/mol. The SMILES string of the molecule is CCCC(C)COCC(CCC)(CCC)CS(=O)(=O)Cl. The lowest BCUT2D eigenvalue weighted by Crippen LogP contribution is -2.34. The van der Waals surface area contributed by atoms with Crippen LogP contribution in [0, 0.1) is 11.3 Å². The third-order valence-electron chi connectivity index (χ3n) is 3.63. The molecular formula is C15H31ClO3S. The Labute approximate surface area is 129 Å². The summed E-state index contributed by atoms with van der Waals surface area (Å²) in [5, 5.41) is 0. The number of rotatable bonds is 12. The van der Waals surface area contributed by atoms with Crippen LogP contribution in [0.15, 0.2) is 0 Å². The first-order valence-electron chi connectivity index (χ1n) is 7.78. The Kier molecular flexibility index (Phi) is 10.1. The Balaban J connectivity index is 4.65. The predicted octanol–water partition coefficient (Wildman–Crippen LogP) is 4.59. The molecule has 0 N–H and O–H groups in total. The van der Waals surface area contributed by atoms with E-state index in [0.29, 0.717) is 19.1 Å². The molecule has 0 spiro atoms. The van der Waals surface area contributed by atoms with E-state index in [4.69, 9.17) is 15.4 Å². The minimum atomic E-state index is -3.49. The minimum absolute atomic E-state index is 0.0192. The zero-order chi connectivity index (χ0) is 15.6. The molecule has 0 aromatic heterocycles. The van der Waals surface area contributed by atoms with Gasteiger partial charge in [-0.25, -0.2) is 8.42 Å². The van der Waals surface area contributed by atoms with Gasteiger partial charge < -0.3 is 4.74 Å². The molecule has 0 fully saturated rings. The van der Waals surface area contributed by atoms with Gasteiger partial charge in [0, 0.05) is 22.7 Å². The summed E-state index contributed by atoms with van der Waals surface area (Å²) in [5.74, 6) is 0.541. The van der Waals surface area contributed by atoms with Crippen LogP contribution in [0.5, 0.6) is 0 Å². The van der Waals surface area contributed by atoms with Crippen LogP contribution < -0.4 is 0 Å². The third-order valence-corrected chi connectivity index (χ3v) is 4.92. The van der Waals surface area contributed by atoms with E-state index in [1.165, 1.54) is 0 Å². The lowest BCUT2D eigenvalue weighted by Gasteiger charge is -2.32. The molecule has 5 heteroatoms. The molecule has 0 radical (unpaired) electrons. The number of hydrogen-bond acceptors (Lipinski definition) is 3. The summed E-state index contributed by atoms with van der Waals surface area (Å²) in [5.41, 5.74) is -0.323. The average Bonchev–Trinajstić information content (AvgIpc) is 2.27. The molecule has 122 valence electrons. The maximum Gasteiger partial charge on any atom is 0.233 e. The molecule has 0 heterocycles. The second kappa shape index (κ2) is 10.0. The Morgan fingerprint density at radius 3 is 2.05 bits per heavy atom. The van der Waals surface area contributed by atoms with E-state index >= 15 is 0 Å². The van der Waals surface area contributed by atoms with E-state index in [1.807, 2.05) is 0 Å². The van der Waals surface area contributed by atoms with Gasteiger partial charge in [-0.3, -0.25) is 0 Å². The van der Waals surface area contributed by atoms with Gasteiger partial charge in [0.15, 0.2) is 0 Å². The monoisotopic (exact) mass is 326 g/mol. The van der Waals surface area contributed by atoms with Crippen molar-refractivity contribution in [2.75, 3.05) is 19.0 Å². The molecule has 0 bridgehead atoms. The maximum atomic E-state index is 11.5. The van der Waals surface area contributed by atoms with Crippen molar-refractivity contribution in [3.8, 4) is 0 Å². The first-order valence-corrected chi connectivity index (χ1v) is 10.3. The number of ether oxygens (including phenoxy) is 1. The molecule has 0 saturated heterocycles. The van der Waals surface area contributed by atoms with Crippen molar-refractivity contribution >= 4 is 19.7 Å². The van der Waals surface area contributed by atoms with Crippen molar-refractivity contribution in [2.45, 2.75) is 66.2 Å². The van der Waals surface area contributed by atoms with Crippen LogP contribution in [0.1, 0.15) is 66.2 Å². The second-order valence-corrected chi connectivity index (χ2v) is 8.87. The first kappa shape index (κ1) is 20.2.